The Balaban J connectivity index is 1.51. The number of rotatable bonds is 3. The highest BCUT2D eigenvalue weighted by molar-refractivity contribution is 7.99. The van der Waals surface area contributed by atoms with E-state index < -0.39 is 0 Å². The molecule has 0 amide bonds. The Hall–Kier alpha value is -2.85. The van der Waals surface area contributed by atoms with E-state index in [1.165, 1.54) is 27.8 Å². The van der Waals surface area contributed by atoms with Gasteiger partial charge in [0, 0.05) is 5.56 Å². The van der Waals surface area contributed by atoms with Gasteiger partial charge in [0.2, 0.25) is 5.89 Å². The Kier molecular flexibility index (Phi) is 3.64. The quantitative estimate of drug-likeness (QED) is 0.457. The van der Waals surface area contributed by atoms with Crippen molar-refractivity contribution in [2.24, 2.45) is 0 Å². The zero-order valence-electron chi connectivity index (χ0n) is 14.2. The number of hydrogen-bond acceptors (Lipinski definition) is 4. The molecule has 0 bridgehead atoms. The van der Waals surface area contributed by atoms with Gasteiger partial charge in [-0.25, -0.2) is 0 Å². The lowest BCUT2D eigenvalue weighted by Crippen LogP contribution is -1.91. The summed E-state index contributed by atoms with van der Waals surface area (Å²) in [5, 5.41) is 9.29. The first kappa shape index (κ1) is 15.4. The summed E-state index contributed by atoms with van der Waals surface area (Å²) < 4.78 is 5.96. The molecule has 0 aliphatic heterocycles. The van der Waals surface area contributed by atoms with E-state index in [1.807, 2.05) is 12.1 Å². The van der Waals surface area contributed by atoms with Crippen molar-refractivity contribution in [1.82, 2.24) is 10.2 Å². The molecule has 0 saturated carbocycles. The summed E-state index contributed by atoms with van der Waals surface area (Å²) in [5.41, 5.74) is 7.31. The van der Waals surface area contributed by atoms with Gasteiger partial charge in [-0.1, -0.05) is 78.0 Å². The average Bonchev–Trinajstić information content (AvgIpc) is 3.26. The minimum Gasteiger partial charge on any atom is -0.411 e. The Morgan fingerprint density at radius 3 is 2.19 bits per heavy atom. The van der Waals surface area contributed by atoms with Crippen LogP contribution in [0.25, 0.3) is 22.6 Å². The maximum atomic E-state index is 5.96. The minimum atomic E-state index is 0.174. The molecule has 126 valence electrons. The lowest BCUT2D eigenvalue weighted by Gasteiger charge is -2.09. The van der Waals surface area contributed by atoms with E-state index in [9.17, 15) is 0 Å². The molecule has 3 aromatic carbocycles. The van der Waals surface area contributed by atoms with Gasteiger partial charge in [-0.3, -0.25) is 0 Å². The lowest BCUT2D eigenvalue weighted by atomic mass is 10.1. The Morgan fingerprint density at radius 2 is 1.50 bits per heavy atom. The number of aromatic nitrogens is 2. The normalized spacial score (nSPS) is 12.8. The number of aryl methyl sites for hydroxylation is 1. The molecule has 3 nitrogen and oxygen atoms in total. The zero-order chi connectivity index (χ0) is 17.5. The number of thioether (sulfide) groups is 1. The minimum absolute atomic E-state index is 0.174. The molecule has 0 N–H and O–H groups in total. The van der Waals surface area contributed by atoms with Crippen LogP contribution >= 0.6 is 11.8 Å². The fraction of sp³-hybridized carbons (Fsp3) is 0.0909. The SMILES string of the molecule is Cc1cccc(-c2nnc(SC3c4ccccc4-c4ccccc43)o2)c1. The summed E-state index contributed by atoms with van der Waals surface area (Å²) in [6.45, 7) is 2.06. The molecule has 0 radical (unpaired) electrons. The molecule has 0 saturated heterocycles. The molecule has 1 aromatic heterocycles. The predicted molar refractivity (Wildman–Crippen MR) is 104 cm³/mol. The summed E-state index contributed by atoms with van der Waals surface area (Å²) in [7, 11) is 0. The van der Waals surface area contributed by atoms with Crippen molar-refractivity contribution in [3.8, 4) is 22.6 Å². The smallest absolute Gasteiger partial charge is 0.277 e. The second kappa shape index (κ2) is 6.15. The topological polar surface area (TPSA) is 38.9 Å². The summed E-state index contributed by atoms with van der Waals surface area (Å²) >= 11 is 1.62. The van der Waals surface area contributed by atoms with E-state index in [-0.39, 0.29) is 5.25 Å². The van der Waals surface area contributed by atoms with Gasteiger partial charge in [-0.2, -0.15) is 0 Å². The van der Waals surface area contributed by atoms with Crippen LogP contribution < -0.4 is 0 Å². The first-order valence-electron chi connectivity index (χ1n) is 8.55. The van der Waals surface area contributed by atoms with Crippen LogP contribution in [0.2, 0.25) is 0 Å². The number of nitrogens with zero attached hydrogens (tertiary/aromatic N) is 2. The van der Waals surface area contributed by atoms with Gasteiger partial charge < -0.3 is 4.42 Å². The first-order chi connectivity index (χ1) is 12.8. The molecule has 1 heterocycles. The second-order valence-electron chi connectivity index (χ2n) is 6.41. The molecule has 4 aromatic rings. The van der Waals surface area contributed by atoms with Crippen molar-refractivity contribution in [2.75, 3.05) is 0 Å². The molecular formula is C22H16N2OS. The van der Waals surface area contributed by atoms with Crippen LogP contribution in [0, 0.1) is 6.92 Å². The molecule has 1 aliphatic carbocycles. The van der Waals surface area contributed by atoms with E-state index in [0.717, 1.165) is 5.56 Å². The third kappa shape index (κ3) is 2.54. The molecular weight excluding hydrogens is 340 g/mol. The van der Waals surface area contributed by atoms with Crippen molar-refractivity contribution in [3.05, 3.63) is 89.5 Å². The van der Waals surface area contributed by atoms with Crippen LogP contribution in [-0.2, 0) is 0 Å². The average molecular weight is 356 g/mol. The van der Waals surface area contributed by atoms with Crippen molar-refractivity contribution in [1.29, 1.82) is 0 Å². The van der Waals surface area contributed by atoms with E-state index in [4.69, 9.17) is 4.42 Å². The summed E-state index contributed by atoms with van der Waals surface area (Å²) in [6.07, 6.45) is 0. The number of benzene rings is 3. The zero-order valence-corrected chi connectivity index (χ0v) is 15.0. The summed E-state index contributed by atoms with van der Waals surface area (Å²) in [6, 6.07) is 25.2. The van der Waals surface area contributed by atoms with Crippen molar-refractivity contribution in [3.63, 3.8) is 0 Å². The van der Waals surface area contributed by atoms with Gasteiger partial charge in [-0.05, 0) is 41.3 Å². The molecule has 4 heteroatoms. The second-order valence-corrected chi connectivity index (χ2v) is 7.47. The maximum absolute atomic E-state index is 5.96. The van der Waals surface area contributed by atoms with Crippen LogP contribution in [0.1, 0.15) is 21.9 Å². The molecule has 1 aliphatic rings. The van der Waals surface area contributed by atoms with Crippen LogP contribution in [0.4, 0.5) is 0 Å². The number of fused-ring (bicyclic) bond motifs is 3. The molecule has 26 heavy (non-hydrogen) atoms. The van der Waals surface area contributed by atoms with Crippen molar-refractivity contribution >= 4 is 11.8 Å². The van der Waals surface area contributed by atoms with Gasteiger partial charge in [0.1, 0.15) is 0 Å². The van der Waals surface area contributed by atoms with Crippen molar-refractivity contribution in [2.45, 2.75) is 17.4 Å². The predicted octanol–water partition coefficient (Wildman–Crippen LogP) is 5.91. The number of hydrogen-bond donors (Lipinski definition) is 0. The molecule has 0 spiro atoms. The van der Waals surface area contributed by atoms with E-state index in [0.29, 0.717) is 11.1 Å². The Morgan fingerprint density at radius 1 is 0.808 bits per heavy atom. The highest BCUT2D eigenvalue weighted by atomic mass is 32.2. The largest absolute Gasteiger partial charge is 0.411 e. The molecule has 0 fully saturated rings. The monoisotopic (exact) mass is 356 g/mol. The van der Waals surface area contributed by atoms with Gasteiger partial charge in [-0.15, -0.1) is 10.2 Å². The lowest BCUT2D eigenvalue weighted by molar-refractivity contribution is 0.465. The van der Waals surface area contributed by atoms with Crippen LogP contribution in [-0.4, -0.2) is 10.2 Å². The Bertz CT molecular complexity index is 1060. The van der Waals surface area contributed by atoms with Crippen molar-refractivity contribution < 1.29 is 4.42 Å². The fourth-order valence-corrected chi connectivity index (χ4v) is 4.57. The van der Waals surface area contributed by atoms with Gasteiger partial charge in [0.25, 0.3) is 5.22 Å². The van der Waals surface area contributed by atoms with Crippen LogP contribution in [0.15, 0.2) is 82.4 Å². The van der Waals surface area contributed by atoms with Gasteiger partial charge in [0.15, 0.2) is 0 Å². The third-order valence-electron chi connectivity index (χ3n) is 4.67. The van der Waals surface area contributed by atoms with E-state index >= 15 is 0 Å². The molecule has 0 atom stereocenters. The maximum Gasteiger partial charge on any atom is 0.277 e. The van der Waals surface area contributed by atoms with Gasteiger partial charge >= 0.3 is 0 Å². The highest BCUT2D eigenvalue weighted by Crippen LogP contribution is 2.51. The summed E-state index contributed by atoms with van der Waals surface area (Å²) in [4.78, 5) is 0. The molecule has 5 rings (SSSR count). The fourth-order valence-electron chi connectivity index (χ4n) is 3.49. The van der Waals surface area contributed by atoms with Crippen LogP contribution in [0.3, 0.4) is 0 Å². The first-order valence-corrected chi connectivity index (χ1v) is 9.43. The van der Waals surface area contributed by atoms with E-state index in [1.54, 1.807) is 11.8 Å². The summed E-state index contributed by atoms with van der Waals surface area (Å²) in [5.74, 6) is 0.566. The highest BCUT2D eigenvalue weighted by Gasteiger charge is 2.30. The Labute approximate surface area is 156 Å². The van der Waals surface area contributed by atoms with E-state index in [2.05, 4.69) is 77.8 Å². The van der Waals surface area contributed by atoms with Crippen LogP contribution in [0.5, 0.6) is 0 Å². The standard InChI is InChI=1S/C22H16N2OS/c1-14-7-6-8-15(13-14)21-23-24-22(25-21)26-20-18-11-4-2-9-16(18)17-10-3-5-12-19(17)20/h2-13,20H,1H3. The van der Waals surface area contributed by atoms with Gasteiger partial charge in [0.05, 0.1) is 5.25 Å². The molecule has 0 unspecified atom stereocenters. The third-order valence-corrected chi connectivity index (χ3v) is 5.78.